The number of piperazine rings is 1. The predicted molar refractivity (Wildman–Crippen MR) is 128 cm³/mol. The Kier molecular flexibility index (Phi) is 7.81. The Morgan fingerprint density at radius 3 is 2.32 bits per heavy atom. The summed E-state index contributed by atoms with van der Waals surface area (Å²) in [7, 11) is -3.51. The van der Waals surface area contributed by atoms with Gasteiger partial charge in [0.2, 0.25) is 21.8 Å². The van der Waals surface area contributed by atoms with Crippen LogP contribution in [0.2, 0.25) is 0 Å². The second-order valence-corrected chi connectivity index (χ2v) is 10.3. The third-order valence-corrected chi connectivity index (χ3v) is 7.91. The van der Waals surface area contributed by atoms with Crippen LogP contribution in [0.4, 0.5) is 5.69 Å². The highest BCUT2D eigenvalue weighted by Crippen LogP contribution is 2.19. The number of anilines is 1. The second-order valence-electron chi connectivity index (χ2n) is 8.38. The van der Waals surface area contributed by atoms with Crippen LogP contribution < -0.4 is 15.5 Å². The minimum absolute atomic E-state index is 0.0240. The highest BCUT2D eigenvalue weighted by Gasteiger charge is 2.26. The van der Waals surface area contributed by atoms with E-state index in [0.29, 0.717) is 58.8 Å². The van der Waals surface area contributed by atoms with Crippen molar-refractivity contribution in [2.75, 3.05) is 50.8 Å². The monoisotopic (exact) mass is 486 g/mol. The Morgan fingerprint density at radius 1 is 0.971 bits per heavy atom. The molecule has 0 bridgehead atoms. The summed E-state index contributed by atoms with van der Waals surface area (Å²) in [6.45, 7) is 3.75. The van der Waals surface area contributed by atoms with Crippen molar-refractivity contribution in [1.82, 2.24) is 14.9 Å². The minimum atomic E-state index is -3.51. The number of nitrogens with one attached hydrogen (secondary N) is 2. The van der Waals surface area contributed by atoms with Crippen molar-refractivity contribution < 1.29 is 22.7 Å². The number of hydrogen-bond acceptors (Lipinski definition) is 6. The molecule has 10 heteroatoms. The number of carbonyl (C=O) groups excluding carboxylic acids is 2. The van der Waals surface area contributed by atoms with E-state index in [9.17, 15) is 18.0 Å². The van der Waals surface area contributed by atoms with Crippen molar-refractivity contribution >= 4 is 27.5 Å². The molecule has 0 atom stereocenters. The van der Waals surface area contributed by atoms with Gasteiger partial charge in [0.25, 0.3) is 0 Å². The molecule has 34 heavy (non-hydrogen) atoms. The normalized spacial score (nSPS) is 17.3. The average Bonchev–Trinajstić information content (AvgIpc) is 2.87. The molecule has 0 spiro atoms. The van der Waals surface area contributed by atoms with E-state index in [0.717, 1.165) is 23.4 Å². The van der Waals surface area contributed by atoms with Gasteiger partial charge in [-0.2, -0.15) is 4.31 Å². The van der Waals surface area contributed by atoms with Gasteiger partial charge in [0.15, 0.2) is 0 Å². The largest absolute Gasteiger partial charge is 0.379 e. The molecular weight excluding hydrogens is 456 g/mol. The molecule has 2 amide bonds. The van der Waals surface area contributed by atoms with Crippen LogP contribution in [0.5, 0.6) is 0 Å². The fourth-order valence-corrected chi connectivity index (χ4v) is 5.40. The van der Waals surface area contributed by atoms with Gasteiger partial charge in [-0.3, -0.25) is 9.59 Å². The second kappa shape index (κ2) is 11.0. The maximum Gasteiger partial charge on any atom is 0.243 e. The lowest BCUT2D eigenvalue weighted by atomic mass is 10.1. The molecule has 4 rings (SSSR count). The molecule has 2 saturated heterocycles. The number of nitrogens with zero attached hydrogens (tertiary/aromatic N) is 2. The van der Waals surface area contributed by atoms with Gasteiger partial charge in [-0.25, -0.2) is 8.42 Å². The van der Waals surface area contributed by atoms with E-state index in [2.05, 4.69) is 10.6 Å². The first-order chi connectivity index (χ1) is 16.4. The third-order valence-electron chi connectivity index (χ3n) is 6.00. The van der Waals surface area contributed by atoms with Gasteiger partial charge in [0, 0.05) is 44.8 Å². The lowest BCUT2D eigenvalue weighted by Gasteiger charge is -2.28. The average molecular weight is 487 g/mol. The Morgan fingerprint density at radius 2 is 1.65 bits per heavy atom. The van der Waals surface area contributed by atoms with Crippen LogP contribution in [-0.4, -0.2) is 70.5 Å². The first kappa shape index (κ1) is 24.2. The minimum Gasteiger partial charge on any atom is -0.379 e. The molecule has 0 saturated carbocycles. The molecule has 182 valence electrons. The number of hydrogen-bond donors (Lipinski definition) is 2. The van der Waals surface area contributed by atoms with E-state index in [4.69, 9.17) is 4.74 Å². The lowest BCUT2D eigenvalue weighted by molar-refractivity contribution is -0.121. The van der Waals surface area contributed by atoms with Crippen molar-refractivity contribution in [1.29, 1.82) is 0 Å². The summed E-state index contributed by atoms with van der Waals surface area (Å²) in [5, 5.41) is 5.73. The zero-order valence-electron chi connectivity index (χ0n) is 19.0. The number of carbonyl (C=O) groups is 2. The van der Waals surface area contributed by atoms with Crippen LogP contribution in [0.3, 0.4) is 0 Å². The van der Waals surface area contributed by atoms with E-state index < -0.39 is 10.0 Å². The summed E-state index contributed by atoms with van der Waals surface area (Å²) >= 11 is 0. The van der Waals surface area contributed by atoms with Crippen LogP contribution in [-0.2, 0) is 37.3 Å². The van der Waals surface area contributed by atoms with Gasteiger partial charge in [0.05, 0.1) is 24.7 Å². The molecule has 2 aliphatic heterocycles. The van der Waals surface area contributed by atoms with Crippen LogP contribution in [0, 0.1) is 0 Å². The van der Waals surface area contributed by atoms with Gasteiger partial charge in [-0.1, -0.05) is 24.3 Å². The van der Waals surface area contributed by atoms with Crippen molar-refractivity contribution in [3.63, 3.8) is 0 Å². The molecule has 0 aromatic heterocycles. The molecule has 0 radical (unpaired) electrons. The Balaban J connectivity index is 1.23. The van der Waals surface area contributed by atoms with E-state index in [-0.39, 0.29) is 16.7 Å². The fraction of sp³-hybridized carbons (Fsp3) is 0.417. The molecule has 0 unspecified atom stereocenters. The summed E-state index contributed by atoms with van der Waals surface area (Å²) in [4.78, 5) is 26.1. The Hall–Kier alpha value is -2.95. The van der Waals surface area contributed by atoms with Crippen molar-refractivity contribution in [3.8, 4) is 0 Å². The molecule has 2 aromatic carbocycles. The number of benzene rings is 2. The highest BCUT2D eigenvalue weighted by molar-refractivity contribution is 7.89. The van der Waals surface area contributed by atoms with Crippen LogP contribution in [0.15, 0.2) is 53.4 Å². The molecule has 0 aliphatic carbocycles. The molecule has 2 heterocycles. The van der Waals surface area contributed by atoms with E-state index >= 15 is 0 Å². The quantitative estimate of drug-likeness (QED) is 0.574. The topological polar surface area (TPSA) is 108 Å². The summed E-state index contributed by atoms with van der Waals surface area (Å²) in [6.07, 6.45) is 0.843. The van der Waals surface area contributed by atoms with E-state index in [1.54, 1.807) is 24.3 Å². The first-order valence-electron chi connectivity index (χ1n) is 11.5. The molecule has 2 aromatic rings. The SMILES string of the molecule is O=C(CCc1ccc(S(=O)(=O)N2CCOCC2)cc1)NCc1ccc(N2CCNC(=O)C2)cc1. The number of rotatable bonds is 8. The van der Waals surface area contributed by atoms with Crippen LogP contribution in [0.1, 0.15) is 17.5 Å². The van der Waals surface area contributed by atoms with Gasteiger partial charge in [0.1, 0.15) is 0 Å². The summed E-state index contributed by atoms with van der Waals surface area (Å²) < 4.78 is 32.1. The van der Waals surface area contributed by atoms with Crippen molar-refractivity contribution in [2.24, 2.45) is 0 Å². The molecule has 2 aliphatic rings. The predicted octanol–water partition coefficient (Wildman–Crippen LogP) is 0.893. The number of amides is 2. The molecule has 2 N–H and O–H groups in total. The zero-order chi connectivity index (χ0) is 24.0. The zero-order valence-corrected chi connectivity index (χ0v) is 19.9. The maximum absolute atomic E-state index is 12.7. The number of aryl methyl sites for hydroxylation is 1. The number of ether oxygens (including phenoxy) is 1. The smallest absolute Gasteiger partial charge is 0.243 e. The third kappa shape index (κ3) is 6.13. The summed E-state index contributed by atoms with van der Waals surface area (Å²) in [5.41, 5.74) is 2.88. The fourth-order valence-electron chi connectivity index (χ4n) is 3.99. The van der Waals surface area contributed by atoms with Gasteiger partial charge in [-0.15, -0.1) is 0 Å². The van der Waals surface area contributed by atoms with Gasteiger partial charge >= 0.3 is 0 Å². The standard InChI is InChI=1S/C24H30N4O5S/c29-23(26-17-20-1-6-21(7-2-20)27-12-11-25-24(30)18-27)10-5-19-3-8-22(9-4-19)34(31,32)28-13-15-33-16-14-28/h1-4,6-9H,5,10-18H2,(H,25,30)(H,26,29). The lowest BCUT2D eigenvalue weighted by Crippen LogP contribution is -2.47. The number of sulfonamides is 1. The highest BCUT2D eigenvalue weighted by atomic mass is 32.2. The van der Waals surface area contributed by atoms with Gasteiger partial charge < -0.3 is 20.3 Å². The molecule has 2 fully saturated rings. The summed E-state index contributed by atoms with van der Waals surface area (Å²) in [6, 6.07) is 14.6. The first-order valence-corrected chi connectivity index (χ1v) is 12.9. The number of morpholine rings is 1. The van der Waals surface area contributed by atoms with Crippen molar-refractivity contribution in [3.05, 3.63) is 59.7 Å². The van der Waals surface area contributed by atoms with Crippen LogP contribution >= 0.6 is 0 Å². The van der Waals surface area contributed by atoms with E-state index in [1.807, 2.05) is 29.2 Å². The molecular formula is C24H30N4O5S. The molecule has 9 nitrogen and oxygen atoms in total. The van der Waals surface area contributed by atoms with Crippen molar-refractivity contribution in [2.45, 2.75) is 24.3 Å². The van der Waals surface area contributed by atoms with Gasteiger partial charge in [-0.05, 0) is 41.8 Å². The van der Waals surface area contributed by atoms with E-state index in [1.165, 1.54) is 4.31 Å². The Labute approximate surface area is 200 Å². The maximum atomic E-state index is 12.7. The Bertz CT molecular complexity index is 1100. The summed E-state index contributed by atoms with van der Waals surface area (Å²) in [5.74, 6) is -0.0438. The van der Waals surface area contributed by atoms with Crippen LogP contribution in [0.25, 0.3) is 0 Å².